The van der Waals surface area contributed by atoms with Gasteiger partial charge >= 0.3 is 6.61 Å². The fraction of sp³-hybridized carbons (Fsp3) is 0.438. The van der Waals surface area contributed by atoms with Gasteiger partial charge in [0.2, 0.25) is 5.89 Å². The summed E-state index contributed by atoms with van der Waals surface area (Å²) in [6, 6.07) is 6.02. The van der Waals surface area contributed by atoms with Crippen LogP contribution in [-0.4, -0.2) is 40.6 Å². The second-order valence-electron chi connectivity index (χ2n) is 5.64. The summed E-state index contributed by atoms with van der Waals surface area (Å²) in [7, 11) is 0. The number of ether oxygens (including phenoxy) is 1. The summed E-state index contributed by atoms with van der Waals surface area (Å²) in [6.45, 7) is -0.291. The number of carbonyl (C=O) groups excluding carboxylic acids is 1. The molecule has 1 unspecified atom stereocenters. The zero-order valence-corrected chi connectivity index (χ0v) is 13.1. The van der Waals surface area contributed by atoms with E-state index in [0.717, 1.165) is 12.8 Å². The van der Waals surface area contributed by atoms with Crippen LogP contribution in [0.25, 0.3) is 0 Å². The van der Waals surface area contributed by atoms with Crippen molar-refractivity contribution in [3.05, 3.63) is 41.5 Å². The van der Waals surface area contributed by atoms with E-state index in [2.05, 4.69) is 14.9 Å². The fourth-order valence-electron chi connectivity index (χ4n) is 2.85. The number of piperidine rings is 1. The minimum Gasteiger partial charge on any atom is -0.434 e. The molecule has 0 aliphatic carbocycles. The molecule has 1 amide bonds. The number of carbonyl (C=O) groups is 1. The Bertz CT molecular complexity index is 720. The second-order valence-corrected chi connectivity index (χ2v) is 5.64. The van der Waals surface area contributed by atoms with Crippen molar-refractivity contribution in [2.24, 2.45) is 0 Å². The second kappa shape index (κ2) is 6.94. The molecule has 128 valence electrons. The number of aryl methyl sites for hydroxylation is 1. The summed E-state index contributed by atoms with van der Waals surface area (Å²) >= 11 is 0. The van der Waals surface area contributed by atoms with Crippen LogP contribution in [0, 0.1) is 6.92 Å². The zero-order chi connectivity index (χ0) is 17.1. The lowest BCUT2D eigenvalue weighted by atomic mass is 9.97. The summed E-state index contributed by atoms with van der Waals surface area (Å²) in [5, 5.41) is 3.77. The number of alkyl halides is 2. The molecule has 0 saturated carbocycles. The summed E-state index contributed by atoms with van der Waals surface area (Å²) in [5.41, 5.74) is 0.125. The van der Waals surface area contributed by atoms with Gasteiger partial charge in [-0.15, -0.1) is 0 Å². The topological polar surface area (TPSA) is 68.5 Å². The van der Waals surface area contributed by atoms with Gasteiger partial charge in [-0.1, -0.05) is 17.3 Å². The highest BCUT2D eigenvalue weighted by atomic mass is 19.3. The Morgan fingerprint density at radius 2 is 2.21 bits per heavy atom. The SMILES string of the molecule is Cc1noc(C2CCCN(C(=O)c3ccccc3OC(F)F)C2)n1. The van der Waals surface area contributed by atoms with Crippen molar-refractivity contribution in [2.45, 2.75) is 32.3 Å². The molecule has 1 aromatic heterocycles. The Morgan fingerprint density at radius 1 is 1.42 bits per heavy atom. The molecule has 2 heterocycles. The summed E-state index contributed by atoms with van der Waals surface area (Å²) in [4.78, 5) is 18.5. The van der Waals surface area contributed by atoms with Gasteiger partial charge in [-0.3, -0.25) is 4.79 Å². The first-order valence-corrected chi connectivity index (χ1v) is 7.68. The van der Waals surface area contributed by atoms with Crippen molar-refractivity contribution in [1.82, 2.24) is 15.0 Å². The monoisotopic (exact) mass is 337 g/mol. The van der Waals surface area contributed by atoms with Crippen LogP contribution in [0.2, 0.25) is 0 Å². The number of para-hydroxylation sites is 1. The Morgan fingerprint density at radius 3 is 2.92 bits per heavy atom. The average Bonchev–Trinajstić information content (AvgIpc) is 3.01. The average molecular weight is 337 g/mol. The Labute approximate surface area is 137 Å². The molecule has 6 nitrogen and oxygen atoms in total. The molecule has 3 rings (SSSR count). The third kappa shape index (κ3) is 3.52. The molecule has 0 spiro atoms. The first-order chi connectivity index (χ1) is 11.5. The fourth-order valence-corrected chi connectivity index (χ4v) is 2.85. The number of hydrogen-bond acceptors (Lipinski definition) is 5. The third-order valence-corrected chi connectivity index (χ3v) is 3.93. The molecular weight excluding hydrogens is 320 g/mol. The summed E-state index contributed by atoms with van der Waals surface area (Å²) < 4.78 is 34.7. The summed E-state index contributed by atoms with van der Waals surface area (Å²) in [6.07, 6.45) is 1.61. The van der Waals surface area contributed by atoms with Crippen molar-refractivity contribution in [1.29, 1.82) is 0 Å². The molecule has 1 aromatic carbocycles. The largest absolute Gasteiger partial charge is 0.434 e. The quantitative estimate of drug-likeness (QED) is 0.858. The van der Waals surface area contributed by atoms with Gasteiger partial charge in [-0.25, -0.2) is 0 Å². The molecule has 0 bridgehead atoms. The third-order valence-electron chi connectivity index (χ3n) is 3.93. The van der Waals surface area contributed by atoms with Gasteiger partial charge in [0, 0.05) is 13.1 Å². The van der Waals surface area contributed by atoms with E-state index in [1.54, 1.807) is 24.0 Å². The van der Waals surface area contributed by atoms with Gasteiger partial charge in [0.05, 0.1) is 11.5 Å². The first-order valence-electron chi connectivity index (χ1n) is 7.68. The van der Waals surface area contributed by atoms with Crippen molar-refractivity contribution >= 4 is 5.91 Å². The molecule has 1 aliphatic rings. The van der Waals surface area contributed by atoms with Gasteiger partial charge in [0.15, 0.2) is 5.82 Å². The molecule has 24 heavy (non-hydrogen) atoms. The van der Waals surface area contributed by atoms with E-state index < -0.39 is 6.61 Å². The number of hydrogen-bond donors (Lipinski definition) is 0. The maximum absolute atomic E-state index is 12.7. The molecule has 0 N–H and O–H groups in total. The highest BCUT2D eigenvalue weighted by Crippen LogP contribution is 2.28. The van der Waals surface area contributed by atoms with Crippen LogP contribution in [0.5, 0.6) is 5.75 Å². The highest BCUT2D eigenvalue weighted by molar-refractivity contribution is 5.97. The highest BCUT2D eigenvalue weighted by Gasteiger charge is 2.30. The number of rotatable bonds is 4. The first kappa shape index (κ1) is 16.4. The van der Waals surface area contributed by atoms with Gasteiger partial charge in [0.1, 0.15) is 5.75 Å². The minimum atomic E-state index is -2.98. The van der Waals surface area contributed by atoms with Crippen molar-refractivity contribution in [3.63, 3.8) is 0 Å². The number of nitrogens with zero attached hydrogens (tertiary/aromatic N) is 3. The van der Waals surface area contributed by atoms with Gasteiger partial charge in [-0.05, 0) is 31.9 Å². The zero-order valence-electron chi connectivity index (χ0n) is 13.1. The number of amides is 1. The molecule has 1 aliphatic heterocycles. The lowest BCUT2D eigenvalue weighted by Crippen LogP contribution is -2.39. The van der Waals surface area contributed by atoms with Crippen molar-refractivity contribution < 1.29 is 22.8 Å². The van der Waals surface area contributed by atoms with E-state index in [1.165, 1.54) is 12.1 Å². The van der Waals surface area contributed by atoms with Crippen LogP contribution in [0.15, 0.2) is 28.8 Å². The van der Waals surface area contributed by atoms with Gasteiger partial charge in [-0.2, -0.15) is 13.8 Å². The maximum Gasteiger partial charge on any atom is 0.387 e. The summed E-state index contributed by atoms with van der Waals surface area (Å²) in [5.74, 6) is 0.541. The van der Waals surface area contributed by atoms with E-state index in [-0.39, 0.29) is 23.1 Å². The van der Waals surface area contributed by atoms with Crippen LogP contribution in [0.4, 0.5) is 8.78 Å². The number of aromatic nitrogens is 2. The predicted molar refractivity (Wildman–Crippen MR) is 80.0 cm³/mol. The van der Waals surface area contributed by atoms with Crippen LogP contribution in [-0.2, 0) is 0 Å². The van der Waals surface area contributed by atoms with Crippen LogP contribution < -0.4 is 4.74 Å². The molecule has 1 atom stereocenters. The minimum absolute atomic E-state index is 0.0490. The number of benzene rings is 1. The Kier molecular flexibility index (Phi) is 4.73. The number of likely N-dealkylation sites (tertiary alicyclic amines) is 1. The smallest absolute Gasteiger partial charge is 0.387 e. The Hall–Kier alpha value is -2.51. The van der Waals surface area contributed by atoms with Gasteiger partial charge in [0.25, 0.3) is 5.91 Å². The van der Waals surface area contributed by atoms with Crippen molar-refractivity contribution in [3.8, 4) is 5.75 Å². The maximum atomic E-state index is 12.7. The van der Waals surface area contributed by atoms with Crippen LogP contribution >= 0.6 is 0 Å². The molecular formula is C16H17F2N3O3. The van der Waals surface area contributed by atoms with E-state index >= 15 is 0 Å². The number of halogens is 2. The van der Waals surface area contributed by atoms with Crippen LogP contribution in [0.1, 0.15) is 40.8 Å². The van der Waals surface area contributed by atoms with E-state index in [9.17, 15) is 13.6 Å². The normalized spacial score (nSPS) is 18.0. The molecule has 1 fully saturated rings. The van der Waals surface area contributed by atoms with Gasteiger partial charge < -0.3 is 14.2 Å². The molecule has 2 aromatic rings. The lowest BCUT2D eigenvalue weighted by Gasteiger charge is -2.31. The van der Waals surface area contributed by atoms with Crippen molar-refractivity contribution in [2.75, 3.05) is 13.1 Å². The molecule has 0 radical (unpaired) electrons. The predicted octanol–water partition coefficient (Wildman–Crippen LogP) is 3.00. The standard InChI is InChI=1S/C16H17F2N3O3/c1-10-19-14(24-20-10)11-5-4-8-21(9-11)15(22)12-6-2-3-7-13(12)23-16(17)18/h2-3,6-7,11,16H,4-5,8-9H2,1H3. The van der Waals surface area contributed by atoms with E-state index in [4.69, 9.17) is 4.52 Å². The Balaban J connectivity index is 1.77. The van der Waals surface area contributed by atoms with E-state index in [1.807, 2.05) is 0 Å². The lowest BCUT2D eigenvalue weighted by molar-refractivity contribution is -0.0503. The van der Waals surface area contributed by atoms with Crippen LogP contribution in [0.3, 0.4) is 0 Å². The van der Waals surface area contributed by atoms with E-state index in [0.29, 0.717) is 24.8 Å². The molecule has 1 saturated heterocycles. The molecule has 8 heteroatoms.